The smallest absolute Gasteiger partial charge is 0.225 e. The number of hydrogen-bond donors (Lipinski definition) is 2. The van der Waals surface area contributed by atoms with Crippen LogP contribution in [-0.4, -0.2) is 64.2 Å². The summed E-state index contributed by atoms with van der Waals surface area (Å²) in [6.45, 7) is 5.30. The van der Waals surface area contributed by atoms with Crippen LogP contribution in [0.5, 0.6) is 0 Å². The third-order valence-electron chi connectivity index (χ3n) is 9.34. The van der Waals surface area contributed by atoms with E-state index in [0.29, 0.717) is 27.5 Å². The first kappa shape index (κ1) is 25.7. The van der Waals surface area contributed by atoms with E-state index in [0.717, 1.165) is 49.4 Å². The van der Waals surface area contributed by atoms with Gasteiger partial charge in [-0.2, -0.15) is 0 Å². The number of rotatable bonds is 5. The molecule has 5 heterocycles. The Kier molecular flexibility index (Phi) is 7.33. The van der Waals surface area contributed by atoms with E-state index in [2.05, 4.69) is 32.7 Å². The second-order valence-electron chi connectivity index (χ2n) is 11.3. The van der Waals surface area contributed by atoms with E-state index in [4.69, 9.17) is 37.9 Å². The Hall–Kier alpha value is -1.55. The Morgan fingerprint density at radius 1 is 1.00 bits per heavy atom. The lowest BCUT2D eigenvalue weighted by Crippen LogP contribution is -2.51. The standard InChI is InChI=1S/C27H37Cl2N7O/c1-17(24-21(28)15-30-16-22(24)29)37-19-4-5-23-20(12-19)25(34-33-23)18-13-31-26(32-14-18)36-10-7-27(8-11-36)6-3-9-35(27)2/h13-17,19-20,23,25,33-34H,3-12H2,1-2H3/t17-,19?,20?,23?,25?/m1/s1. The van der Waals surface area contributed by atoms with E-state index in [1.807, 2.05) is 19.3 Å². The van der Waals surface area contributed by atoms with Crippen LogP contribution in [0.2, 0.25) is 10.0 Å². The van der Waals surface area contributed by atoms with Gasteiger partial charge in [0.2, 0.25) is 5.95 Å². The zero-order chi connectivity index (χ0) is 25.6. The van der Waals surface area contributed by atoms with Crippen LogP contribution in [0.1, 0.15) is 75.1 Å². The summed E-state index contributed by atoms with van der Waals surface area (Å²) in [6, 6.07) is 0.570. The molecule has 0 amide bonds. The Labute approximate surface area is 229 Å². The molecule has 3 aliphatic heterocycles. The average Bonchev–Trinajstić information content (AvgIpc) is 3.48. The lowest BCUT2D eigenvalue weighted by Gasteiger charge is -2.43. The average molecular weight is 547 g/mol. The number of nitrogens with one attached hydrogen (secondary N) is 2. The molecule has 6 rings (SSSR count). The van der Waals surface area contributed by atoms with E-state index in [1.54, 1.807) is 12.4 Å². The van der Waals surface area contributed by atoms with Gasteiger partial charge in [0, 0.05) is 60.6 Å². The van der Waals surface area contributed by atoms with Crippen LogP contribution in [-0.2, 0) is 4.74 Å². The van der Waals surface area contributed by atoms with Gasteiger partial charge in [-0.05, 0) is 71.4 Å². The SMILES string of the molecule is C[C@@H](OC1CCC2NNC(c3cnc(N4CCC5(CCCN5C)CC4)nc3)C2C1)c1c(Cl)cncc1Cl. The number of likely N-dealkylation sites (tertiary alicyclic amines) is 1. The van der Waals surface area contributed by atoms with Crippen molar-refractivity contribution >= 4 is 29.2 Å². The molecular formula is C27H37Cl2N7O. The summed E-state index contributed by atoms with van der Waals surface area (Å²) in [5.74, 6) is 1.25. The minimum atomic E-state index is -0.194. The number of ether oxygens (including phenoxy) is 1. The largest absolute Gasteiger partial charge is 0.370 e. The number of halogens is 2. The molecule has 8 nitrogen and oxygen atoms in total. The predicted molar refractivity (Wildman–Crippen MR) is 146 cm³/mol. The van der Waals surface area contributed by atoms with Crippen LogP contribution >= 0.6 is 23.2 Å². The molecule has 4 fully saturated rings. The topological polar surface area (TPSA) is 78.4 Å². The van der Waals surface area contributed by atoms with E-state index in [1.165, 1.54) is 32.2 Å². The molecule has 1 aliphatic carbocycles. The normalized spacial score (nSPS) is 30.5. The maximum atomic E-state index is 6.48. The van der Waals surface area contributed by atoms with E-state index < -0.39 is 0 Å². The first-order valence-corrected chi connectivity index (χ1v) is 14.4. The van der Waals surface area contributed by atoms with Crippen molar-refractivity contribution in [1.29, 1.82) is 0 Å². The van der Waals surface area contributed by atoms with Gasteiger partial charge in [0.1, 0.15) is 0 Å². The van der Waals surface area contributed by atoms with Crippen LogP contribution in [0.25, 0.3) is 0 Å². The van der Waals surface area contributed by atoms with Crippen molar-refractivity contribution in [2.24, 2.45) is 5.92 Å². The fraction of sp³-hybridized carbons (Fsp3) is 0.667. The molecule has 10 heteroatoms. The lowest BCUT2D eigenvalue weighted by molar-refractivity contribution is -0.0370. The molecule has 0 aromatic carbocycles. The fourth-order valence-electron chi connectivity index (χ4n) is 7.12. The first-order chi connectivity index (χ1) is 17.9. The molecule has 4 aliphatic rings. The number of anilines is 1. The van der Waals surface area contributed by atoms with Gasteiger partial charge in [-0.15, -0.1) is 0 Å². The molecule has 1 spiro atoms. The van der Waals surface area contributed by atoms with Crippen molar-refractivity contribution in [1.82, 2.24) is 30.7 Å². The highest BCUT2D eigenvalue weighted by Gasteiger charge is 2.43. The highest BCUT2D eigenvalue weighted by molar-refractivity contribution is 6.35. The lowest BCUT2D eigenvalue weighted by atomic mass is 9.78. The highest BCUT2D eigenvalue weighted by Crippen LogP contribution is 2.42. The molecule has 37 heavy (non-hydrogen) atoms. The fourth-order valence-corrected chi connectivity index (χ4v) is 7.79. The summed E-state index contributed by atoms with van der Waals surface area (Å²) in [5.41, 5.74) is 9.37. The second kappa shape index (κ2) is 10.5. The van der Waals surface area contributed by atoms with Crippen molar-refractivity contribution in [2.75, 3.05) is 31.6 Å². The van der Waals surface area contributed by atoms with Crippen LogP contribution in [0.3, 0.4) is 0 Å². The molecule has 0 bridgehead atoms. The molecule has 2 N–H and O–H groups in total. The Morgan fingerprint density at radius 3 is 2.41 bits per heavy atom. The monoisotopic (exact) mass is 545 g/mol. The Morgan fingerprint density at radius 2 is 1.73 bits per heavy atom. The Bertz CT molecular complexity index is 1070. The third kappa shape index (κ3) is 4.97. The van der Waals surface area contributed by atoms with Crippen LogP contribution < -0.4 is 15.8 Å². The van der Waals surface area contributed by atoms with Gasteiger partial charge < -0.3 is 14.5 Å². The molecule has 4 unspecified atom stereocenters. The summed E-state index contributed by atoms with van der Waals surface area (Å²) in [7, 11) is 2.29. The summed E-state index contributed by atoms with van der Waals surface area (Å²) < 4.78 is 6.48. The molecule has 3 saturated heterocycles. The first-order valence-electron chi connectivity index (χ1n) is 13.7. The van der Waals surface area contributed by atoms with Crippen molar-refractivity contribution in [2.45, 2.75) is 81.7 Å². The van der Waals surface area contributed by atoms with Crippen LogP contribution in [0, 0.1) is 5.92 Å². The van der Waals surface area contributed by atoms with Gasteiger partial charge in [-0.25, -0.2) is 15.4 Å². The number of pyridine rings is 1. The summed E-state index contributed by atoms with van der Waals surface area (Å²) in [5, 5.41) is 1.10. The van der Waals surface area contributed by atoms with E-state index in [9.17, 15) is 0 Å². The summed E-state index contributed by atoms with van der Waals surface area (Å²) in [4.78, 5) is 18.6. The van der Waals surface area contributed by atoms with E-state index >= 15 is 0 Å². The molecule has 1 saturated carbocycles. The molecular weight excluding hydrogens is 509 g/mol. The number of aromatic nitrogens is 3. The summed E-state index contributed by atoms with van der Waals surface area (Å²) in [6.07, 6.45) is 15.2. The zero-order valence-electron chi connectivity index (χ0n) is 21.7. The minimum Gasteiger partial charge on any atom is -0.370 e. The number of hydrazine groups is 1. The highest BCUT2D eigenvalue weighted by atomic mass is 35.5. The van der Waals surface area contributed by atoms with Gasteiger partial charge >= 0.3 is 0 Å². The molecule has 2 aromatic heterocycles. The maximum absolute atomic E-state index is 6.48. The maximum Gasteiger partial charge on any atom is 0.225 e. The van der Waals surface area contributed by atoms with Crippen LogP contribution in [0.4, 0.5) is 5.95 Å². The van der Waals surface area contributed by atoms with Crippen molar-refractivity contribution in [3.63, 3.8) is 0 Å². The number of fused-ring (bicyclic) bond motifs is 1. The number of hydrogen-bond acceptors (Lipinski definition) is 8. The van der Waals surface area contributed by atoms with Crippen molar-refractivity contribution in [3.8, 4) is 0 Å². The quantitative estimate of drug-likeness (QED) is 0.559. The van der Waals surface area contributed by atoms with Gasteiger partial charge in [0.15, 0.2) is 0 Å². The number of nitrogens with zero attached hydrogens (tertiary/aromatic N) is 5. The van der Waals surface area contributed by atoms with Gasteiger partial charge in [0.25, 0.3) is 0 Å². The van der Waals surface area contributed by atoms with Gasteiger partial charge in [-0.3, -0.25) is 10.4 Å². The van der Waals surface area contributed by atoms with E-state index in [-0.39, 0.29) is 18.2 Å². The number of piperidine rings is 1. The summed E-state index contributed by atoms with van der Waals surface area (Å²) >= 11 is 12.7. The third-order valence-corrected chi connectivity index (χ3v) is 9.94. The second-order valence-corrected chi connectivity index (χ2v) is 12.1. The molecule has 0 radical (unpaired) electrons. The molecule has 200 valence electrons. The Balaban J connectivity index is 1.09. The predicted octanol–water partition coefficient (Wildman–Crippen LogP) is 4.71. The van der Waals surface area contributed by atoms with Crippen LogP contribution in [0.15, 0.2) is 24.8 Å². The zero-order valence-corrected chi connectivity index (χ0v) is 23.2. The van der Waals surface area contributed by atoms with Crippen molar-refractivity contribution in [3.05, 3.63) is 46.0 Å². The molecule has 5 atom stereocenters. The van der Waals surface area contributed by atoms with Gasteiger partial charge in [-0.1, -0.05) is 23.2 Å². The minimum absolute atomic E-state index is 0.135. The van der Waals surface area contributed by atoms with Crippen molar-refractivity contribution < 1.29 is 4.74 Å². The molecule has 2 aromatic rings. The van der Waals surface area contributed by atoms with Gasteiger partial charge in [0.05, 0.1) is 28.3 Å².